The molecule has 1 aliphatic rings. The van der Waals surface area contributed by atoms with E-state index < -0.39 is 0 Å². The van der Waals surface area contributed by atoms with Crippen molar-refractivity contribution in [2.45, 2.75) is 32.5 Å². The summed E-state index contributed by atoms with van der Waals surface area (Å²) in [5, 5.41) is 0. The number of anilines is 1. The summed E-state index contributed by atoms with van der Waals surface area (Å²) in [4.78, 5) is 2.27. The van der Waals surface area contributed by atoms with Gasteiger partial charge >= 0.3 is 0 Å². The molecule has 22 heavy (non-hydrogen) atoms. The Kier molecular flexibility index (Phi) is 3.79. The van der Waals surface area contributed by atoms with Crippen molar-refractivity contribution in [1.82, 2.24) is 0 Å². The highest BCUT2D eigenvalue weighted by Gasteiger charge is 2.31. The van der Waals surface area contributed by atoms with E-state index in [0.717, 1.165) is 35.7 Å². The number of hydrogen-bond acceptors (Lipinski definition) is 3. The van der Waals surface area contributed by atoms with Crippen LogP contribution in [0.1, 0.15) is 25.0 Å². The molecule has 3 rings (SSSR count). The molecule has 4 heteroatoms. The fourth-order valence-corrected chi connectivity index (χ4v) is 2.85. The second kappa shape index (κ2) is 5.61. The van der Waals surface area contributed by atoms with Gasteiger partial charge in [-0.25, -0.2) is 4.39 Å². The lowest BCUT2D eigenvalue weighted by atomic mass is 10.0. The van der Waals surface area contributed by atoms with E-state index in [1.165, 1.54) is 12.1 Å². The van der Waals surface area contributed by atoms with Crippen LogP contribution in [-0.4, -0.2) is 12.1 Å². The van der Waals surface area contributed by atoms with Gasteiger partial charge in [-0.2, -0.15) is 0 Å². The quantitative estimate of drug-likeness (QED) is 0.943. The third-order valence-electron chi connectivity index (χ3n) is 3.85. The number of hydrogen-bond donors (Lipinski definition) is 1. The molecule has 0 spiro atoms. The first-order valence-corrected chi connectivity index (χ1v) is 7.48. The summed E-state index contributed by atoms with van der Waals surface area (Å²) in [6.45, 7) is 6.14. The SMILES string of the molecule is CC1(C)CN(Cc2ccc(F)cc2)c2ccc(CN)cc2O1. The number of nitrogens with two attached hydrogens (primary N) is 1. The van der Waals surface area contributed by atoms with Gasteiger partial charge in [0, 0.05) is 13.1 Å². The summed E-state index contributed by atoms with van der Waals surface area (Å²) in [5.41, 5.74) is 8.63. The Labute approximate surface area is 130 Å². The van der Waals surface area contributed by atoms with Crippen LogP contribution in [0.5, 0.6) is 5.75 Å². The minimum absolute atomic E-state index is 0.209. The molecule has 0 bridgehead atoms. The standard InChI is InChI=1S/C18H21FN2O/c1-18(2)12-21(11-13-3-6-15(19)7-4-13)16-8-5-14(10-20)9-17(16)22-18/h3-9H,10-12,20H2,1-2H3. The zero-order chi connectivity index (χ0) is 15.7. The first kappa shape index (κ1) is 14.9. The van der Waals surface area contributed by atoms with Crippen LogP contribution in [0, 0.1) is 5.82 Å². The predicted octanol–water partition coefficient (Wildman–Crippen LogP) is 3.46. The lowest BCUT2D eigenvalue weighted by Crippen LogP contribution is -2.46. The summed E-state index contributed by atoms with van der Waals surface area (Å²) in [6.07, 6.45) is 0. The van der Waals surface area contributed by atoms with Crippen LogP contribution in [-0.2, 0) is 13.1 Å². The lowest BCUT2D eigenvalue weighted by molar-refractivity contribution is 0.104. The maximum Gasteiger partial charge on any atom is 0.143 e. The molecule has 116 valence electrons. The molecule has 0 saturated carbocycles. The van der Waals surface area contributed by atoms with Gasteiger partial charge in [-0.15, -0.1) is 0 Å². The van der Waals surface area contributed by atoms with E-state index in [4.69, 9.17) is 10.5 Å². The minimum atomic E-state index is -0.278. The molecule has 0 aliphatic carbocycles. The molecule has 0 atom stereocenters. The Morgan fingerprint density at radius 2 is 1.82 bits per heavy atom. The summed E-state index contributed by atoms with van der Waals surface area (Å²) in [5.74, 6) is 0.653. The second-order valence-corrected chi connectivity index (χ2v) is 6.35. The van der Waals surface area contributed by atoms with Crippen LogP contribution in [0.2, 0.25) is 0 Å². The van der Waals surface area contributed by atoms with E-state index in [9.17, 15) is 4.39 Å². The summed E-state index contributed by atoms with van der Waals surface area (Å²) < 4.78 is 19.2. The van der Waals surface area contributed by atoms with E-state index in [-0.39, 0.29) is 11.4 Å². The van der Waals surface area contributed by atoms with Gasteiger partial charge in [-0.05, 0) is 49.2 Å². The summed E-state index contributed by atoms with van der Waals surface area (Å²) in [7, 11) is 0. The first-order valence-electron chi connectivity index (χ1n) is 7.48. The molecule has 0 amide bonds. The van der Waals surface area contributed by atoms with Crippen LogP contribution in [0.4, 0.5) is 10.1 Å². The number of benzene rings is 2. The van der Waals surface area contributed by atoms with Crippen molar-refractivity contribution >= 4 is 5.69 Å². The molecule has 0 unspecified atom stereocenters. The molecule has 2 N–H and O–H groups in total. The summed E-state index contributed by atoms with van der Waals surface area (Å²) in [6, 6.07) is 12.7. The van der Waals surface area contributed by atoms with Crippen molar-refractivity contribution in [1.29, 1.82) is 0 Å². The van der Waals surface area contributed by atoms with Gasteiger partial charge < -0.3 is 15.4 Å². The van der Waals surface area contributed by atoms with E-state index in [0.29, 0.717) is 6.54 Å². The topological polar surface area (TPSA) is 38.5 Å². The Morgan fingerprint density at radius 3 is 2.50 bits per heavy atom. The smallest absolute Gasteiger partial charge is 0.143 e. The average molecular weight is 300 g/mol. The van der Waals surface area contributed by atoms with Crippen molar-refractivity contribution in [3.05, 3.63) is 59.4 Å². The van der Waals surface area contributed by atoms with Gasteiger partial charge in [0.05, 0.1) is 12.2 Å². The highest BCUT2D eigenvalue weighted by Crippen LogP contribution is 2.38. The molecule has 2 aromatic rings. The van der Waals surface area contributed by atoms with Crippen molar-refractivity contribution in [2.24, 2.45) is 5.73 Å². The fraction of sp³-hybridized carbons (Fsp3) is 0.333. The largest absolute Gasteiger partial charge is 0.484 e. The molecular weight excluding hydrogens is 279 g/mol. The van der Waals surface area contributed by atoms with Crippen LogP contribution < -0.4 is 15.4 Å². The number of rotatable bonds is 3. The maximum atomic E-state index is 13.1. The van der Waals surface area contributed by atoms with E-state index in [2.05, 4.69) is 24.8 Å². The van der Waals surface area contributed by atoms with Gasteiger partial charge in [0.2, 0.25) is 0 Å². The number of halogens is 1. The van der Waals surface area contributed by atoms with Gasteiger partial charge in [0.25, 0.3) is 0 Å². The monoisotopic (exact) mass is 300 g/mol. The Morgan fingerprint density at radius 1 is 1.14 bits per heavy atom. The molecule has 2 aromatic carbocycles. The van der Waals surface area contributed by atoms with Crippen molar-refractivity contribution < 1.29 is 9.13 Å². The molecule has 0 radical (unpaired) electrons. The highest BCUT2D eigenvalue weighted by molar-refractivity contribution is 5.62. The van der Waals surface area contributed by atoms with Gasteiger partial charge in [-0.1, -0.05) is 18.2 Å². The number of ether oxygens (including phenoxy) is 1. The molecule has 1 heterocycles. The van der Waals surface area contributed by atoms with Crippen LogP contribution >= 0.6 is 0 Å². The first-order chi connectivity index (χ1) is 10.5. The molecular formula is C18H21FN2O. The summed E-state index contributed by atoms with van der Waals surface area (Å²) >= 11 is 0. The van der Waals surface area contributed by atoms with Gasteiger partial charge in [0.1, 0.15) is 17.2 Å². The molecule has 0 aromatic heterocycles. The van der Waals surface area contributed by atoms with Crippen LogP contribution in [0.25, 0.3) is 0 Å². The number of nitrogens with zero attached hydrogens (tertiary/aromatic N) is 1. The lowest BCUT2D eigenvalue weighted by Gasteiger charge is -2.41. The Bertz CT molecular complexity index is 667. The minimum Gasteiger partial charge on any atom is -0.484 e. The normalized spacial score (nSPS) is 16.1. The predicted molar refractivity (Wildman–Crippen MR) is 86.5 cm³/mol. The van der Waals surface area contributed by atoms with Crippen molar-refractivity contribution in [3.63, 3.8) is 0 Å². The van der Waals surface area contributed by atoms with Gasteiger partial charge in [-0.3, -0.25) is 0 Å². The zero-order valence-corrected chi connectivity index (χ0v) is 13.0. The zero-order valence-electron chi connectivity index (χ0n) is 13.0. The molecule has 1 aliphatic heterocycles. The molecule has 0 saturated heterocycles. The fourth-order valence-electron chi connectivity index (χ4n) is 2.85. The highest BCUT2D eigenvalue weighted by atomic mass is 19.1. The van der Waals surface area contributed by atoms with Crippen molar-refractivity contribution in [2.75, 3.05) is 11.4 Å². The molecule has 3 nitrogen and oxygen atoms in total. The van der Waals surface area contributed by atoms with Gasteiger partial charge in [0.15, 0.2) is 0 Å². The maximum absolute atomic E-state index is 13.1. The van der Waals surface area contributed by atoms with Crippen LogP contribution in [0.15, 0.2) is 42.5 Å². The Hall–Kier alpha value is -2.07. The Balaban J connectivity index is 1.92. The van der Waals surface area contributed by atoms with E-state index in [1.54, 1.807) is 0 Å². The average Bonchev–Trinajstić information content (AvgIpc) is 2.47. The van der Waals surface area contributed by atoms with Crippen LogP contribution in [0.3, 0.4) is 0 Å². The van der Waals surface area contributed by atoms with E-state index >= 15 is 0 Å². The third-order valence-corrected chi connectivity index (χ3v) is 3.85. The van der Waals surface area contributed by atoms with Crippen molar-refractivity contribution in [3.8, 4) is 5.75 Å². The number of fused-ring (bicyclic) bond motifs is 1. The second-order valence-electron chi connectivity index (χ2n) is 6.35. The third kappa shape index (κ3) is 3.07. The van der Waals surface area contributed by atoms with E-state index in [1.807, 2.05) is 24.3 Å². The molecule has 0 fully saturated rings.